The number of nitrogens with zero attached hydrogens (tertiary/aromatic N) is 1. The van der Waals surface area contributed by atoms with E-state index in [0.717, 1.165) is 22.3 Å². The summed E-state index contributed by atoms with van der Waals surface area (Å²) < 4.78 is 13.2. The van der Waals surface area contributed by atoms with Gasteiger partial charge in [-0.25, -0.2) is 9.18 Å². The van der Waals surface area contributed by atoms with Crippen LogP contribution in [-0.4, -0.2) is 40.4 Å². The highest BCUT2D eigenvalue weighted by atomic mass is 32.1. The van der Waals surface area contributed by atoms with Gasteiger partial charge in [-0.2, -0.15) is 0 Å². The average Bonchev–Trinajstić information content (AvgIpc) is 2.93. The maximum Gasteiger partial charge on any atom is 0.329 e. The zero-order valence-electron chi connectivity index (χ0n) is 14.8. The summed E-state index contributed by atoms with van der Waals surface area (Å²) in [6.45, 7) is 4.56. The van der Waals surface area contributed by atoms with Crippen LogP contribution in [0, 0.1) is 12.7 Å². The first kappa shape index (κ1) is 19.6. The van der Waals surface area contributed by atoms with Crippen LogP contribution in [-0.2, 0) is 4.79 Å². The largest absolute Gasteiger partial charge is 0.480 e. The summed E-state index contributed by atoms with van der Waals surface area (Å²) in [4.78, 5) is 37.7. The van der Waals surface area contributed by atoms with E-state index in [1.54, 1.807) is 13.0 Å². The third-order valence-electron chi connectivity index (χ3n) is 4.10. The number of aryl methyl sites for hydroxylation is 1. The van der Waals surface area contributed by atoms with Crippen molar-refractivity contribution < 1.29 is 23.9 Å². The molecule has 2 amide bonds. The van der Waals surface area contributed by atoms with E-state index in [1.165, 1.54) is 39.1 Å². The Morgan fingerprint density at radius 3 is 2.46 bits per heavy atom. The molecule has 26 heavy (non-hydrogen) atoms. The Kier molecular flexibility index (Phi) is 5.46. The number of aliphatic carboxylic acids is 1. The maximum atomic E-state index is 13.2. The van der Waals surface area contributed by atoms with Gasteiger partial charge in [-0.05, 0) is 50.6 Å². The lowest BCUT2D eigenvalue weighted by Crippen LogP contribution is -2.50. The number of carbonyl (C=O) groups excluding carboxylic acids is 2. The summed E-state index contributed by atoms with van der Waals surface area (Å²) in [6, 6.07) is 6.89. The molecule has 2 aromatic rings. The van der Waals surface area contributed by atoms with E-state index in [4.69, 9.17) is 0 Å². The molecule has 0 aliphatic heterocycles. The van der Waals surface area contributed by atoms with Crippen LogP contribution < -0.4 is 5.32 Å². The number of carboxylic acids is 1. The second kappa shape index (κ2) is 7.25. The Morgan fingerprint density at radius 1 is 1.23 bits per heavy atom. The number of likely N-dealkylation sites (N-methyl/N-ethyl adjacent to an activating group) is 1. The molecular formula is C18H19FN2O4S. The van der Waals surface area contributed by atoms with Gasteiger partial charge >= 0.3 is 5.97 Å². The minimum atomic E-state index is -1.38. The van der Waals surface area contributed by atoms with Crippen molar-refractivity contribution in [2.75, 3.05) is 12.4 Å². The van der Waals surface area contributed by atoms with Crippen LogP contribution in [0.25, 0.3) is 0 Å². The van der Waals surface area contributed by atoms with E-state index in [-0.39, 0.29) is 5.56 Å². The molecule has 0 spiro atoms. The zero-order valence-corrected chi connectivity index (χ0v) is 15.6. The van der Waals surface area contributed by atoms with Gasteiger partial charge in [0.25, 0.3) is 11.8 Å². The number of amides is 2. The van der Waals surface area contributed by atoms with Crippen molar-refractivity contribution in [3.63, 3.8) is 0 Å². The second-order valence-electron chi connectivity index (χ2n) is 6.32. The number of anilines is 1. The first-order chi connectivity index (χ1) is 12.0. The van der Waals surface area contributed by atoms with Crippen molar-refractivity contribution in [1.82, 2.24) is 4.90 Å². The summed E-state index contributed by atoms with van der Waals surface area (Å²) in [6.07, 6.45) is 0. The van der Waals surface area contributed by atoms with Gasteiger partial charge in [0.15, 0.2) is 0 Å². The lowest BCUT2D eigenvalue weighted by Gasteiger charge is -2.31. The van der Waals surface area contributed by atoms with Crippen LogP contribution in [0.15, 0.2) is 30.3 Å². The molecule has 2 N–H and O–H groups in total. The number of rotatable bonds is 5. The lowest BCUT2D eigenvalue weighted by atomic mass is 10.0. The highest BCUT2D eigenvalue weighted by molar-refractivity contribution is 7.18. The van der Waals surface area contributed by atoms with Crippen LogP contribution >= 0.6 is 11.3 Å². The number of carboxylic acid groups (broad SMARTS) is 1. The summed E-state index contributed by atoms with van der Waals surface area (Å²) in [5.41, 5.74) is -0.603. The minimum absolute atomic E-state index is 0.160. The Bertz CT molecular complexity index is 876. The van der Waals surface area contributed by atoms with Gasteiger partial charge in [0, 0.05) is 12.6 Å². The number of hydrogen-bond donors (Lipinski definition) is 2. The van der Waals surface area contributed by atoms with Crippen molar-refractivity contribution in [3.05, 3.63) is 52.2 Å². The van der Waals surface area contributed by atoms with Gasteiger partial charge < -0.3 is 15.3 Å². The second-order valence-corrected chi connectivity index (χ2v) is 7.37. The maximum absolute atomic E-state index is 13.2. The quantitative estimate of drug-likeness (QED) is 0.835. The molecule has 0 bridgehead atoms. The normalized spacial score (nSPS) is 11.1. The molecule has 0 aliphatic carbocycles. The third kappa shape index (κ3) is 3.91. The highest BCUT2D eigenvalue weighted by Gasteiger charge is 2.36. The van der Waals surface area contributed by atoms with E-state index in [2.05, 4.69) is 5.32 Å². The van der Waals surface area contributed by atoms with E-state index in [0.29, 0.717) is 15.4 Å². The number of hydrogen-bond acceptors (Lipinski definition) is 4. The summed E-state index contributed by atoms with van der Waals surface area (Å²) in [7, 11) is 1.42. The standard InChI is InChI=1S/C18H19FN2O4S/c1-10-8-13(20-15(22)11-6-5-7-12(19)9-11)26-14(10)16(23)21(4)18(2,3)17(24)25/h5-9H,1-4H3,(H,20,22)(H,24,25). The Morgan fingerprint density at radius 2 is 1.88 bits per heavy atom. The van der Waals surface area contributed by atoms with E-state index < -0.39 is 29.1 Å². The average molecular weight is 378 g/mol. The number of benzene rings is 1. The monoisotopic (exact) mass is 378 g/mol. The molecule has 1 aromatic heterocycles. The summed E-state index contributed by atoms with van der Waals surface area (Å²) >= 11 is 1.04. The van der Waals surface area contributed by atoms with Crippen molar-refractivity contribution in [2.24, 2.45) is 0 Å². The molecule has 8 heteroatoms. The molecule has 0 saturated heterocycles. The van der Waals surface area contributed by atoms with Crippen molar-refractivity contribution in [1.29, 1.82) is 0 Å². The van der Waals surface area contributed by atoms with Crippen molar-refractivity contribution in [3.8, 4) is 0 Å². The van der Waals surface area contributed by atoms with Gasteiger partial charge in [-0.1, -0.05) is 6.07 Å². The first-order valence-electron chi connectivity index (χ1n) is 7.73. The minimum Gasteiger partial charge on any atom is -0.480 e. The van der Waals surface area contributed by atoms with Crippen molar-refractivity contribution >= 4 is 34.1 Å². The molecule has 0 unspecified atom stereocenters. The predicted octanol–water partition coefficient (Wildman–Crippen LogP) is 3.38. The van der Waals surface area contributed by atoms with Gasteiger partial charge in [0.1, 0.15) is 11.4 Å². The smallest absolute Gasteiger partial charge is 0.329 e. The molecule has 0 radical (unpaired) electrons. The molecule has 0 aliphatic rings. The van der Waals surface area contributed by atoms with Gasteiger partial charge in [-0.3, -0.25) is 9.59 Å². The Balaban J connectivity index is 2.22. The molecule has 1 heterocycles. The number of carbonyl (C=O) groups is 3. The van der Waals surface area contributed by atoms with E-state index >= 15 is 0 Å². The molecule has 2 rings (SSSR count). The topological polar surface area (TPSA) is 86.7 Å². The fourth-order valence-corrected chi connectivity index (χ4v) is 3.16. The van der Waals surface area contributed by atoms with Crippen molar-refractivity contribution in [2.45, 2.75) is 26.3 Å². The van der Waals surface area contributed by atoms with Gasteiger partial charge in [-0.15, -0.1) is 11.3 Å². The SMILES string of the molecule is Cc1cc(NC(=O)c2cccc(F)c2)sc1C(=O)N(C)C(C)(C)C(=O)O. The molecular weight excluding hydrogens is 359 g/mol. The molecule has 0 fully saturated rings. The lowest BCUT2D eigenvalue weighted by molar-refractivity contribution is -0.147. The van der Waals surface area contributed by atoms with Gasteiger partial charge in [0.05, 0.1) is 9.88 Å². The first-order valence-corrected chi connectivity index (χ1v) is 8.54. The van der Waals surface area contributed by atoms with Crippen LogP contribution in [0.1, 0.15) is 39.4 Å². The van der Waals surface area contributed by atoms with Crippen LogP contribution in [0.4, 0.5) is 9.39 Å². The zero-order chi connectivity index (χ0) is 19.6. The molecule has 6 nitrogen and oxygen atoms in total. The highest BCUT2D eigenvalue weighted by Crippen LogP contribution is 2.29. The fourth-order valence-electron chi connectivity index (χ4n) is 2.12. The number of halogens is 1. The van der Waals surface area contributed by atoms with E-state index in [1.807, 2.05) is 0 Å². The van der Waals surface area contributed by atoms with Gasteiger partial charge in [0.2, 0.25) is 0 Å². The molecule has 0 atom stereocenters. The molecule has 1 aromatic carbocycles. The van der Waals surface area contributed by atoms with Crippen LogP contribution in [0.3, 0.4) is 0 Å². The Hall–Kier alpha value is -2.74. The Labute approximate surface area is 154 Å². The predicted molar refractivity (Wildman–Crippen MR) is 97.2 cm³/mol. The summed E-state index contributed by atoms with van der Waals surface area (Å²) in [5.74, 6) is -2.59. The summed E-state index contributed by atoms with van der Waals surface area (Å²) in [5, 5.41) is 12.3. The molecule has 0 saturated carbocycles. The molecule has 138 valence electrons. The number of nitrogens with one attached hydrogen (secondary N) is 1. The third-order valence-corrected chi connectivity index (χ3v) is 5.24. The van der Waals surface area contributed by atoms with Crippen LogP contribution in [0.2, 0.25) is 0 Å². The van der Waals surface area contributed by atoms with E-state index in [9.17, 15) is 23.9 Å². The number of thiophene rings is 1. The fraction of sp³-hybridized carbons (Fsp3) is 0.278. The van der Waals surface area contributed by atoms with Crippen LogP contribution in [0.5, 0.6) is 0 Å².